The number of amides is 2. The van der Waals surface area contributed by atoms with E-state index >= 15 is 0 Å². The Morgan fingerprint density at radius 1 is 1.06 bits per heavy atom. The molecule has 1 aliphatic rings. The lowest BCUT2D eigenvalue weighted by Crippen LogP contribution is -2.27. The van der Waals surface area contributed by atoms with E-state index in [1.807, 2.05) is 30.3 Å². The van der Waals surface area contributed by atoms with Crippen molar-refractivity contribution in [3.05, 3.63) is 64.3 Å². The second-order valence-electron chi connectivity index (χ2n) is 7.63. The molecule has 2 aromatic heterocycles. The summed E-state index contributed by atoms with van der Waals surface area (Å²) in [6, 6.07) is 9.60. The van der Waals surface area contributed by atoms with Gasteiger partial charge >= 0.3 is 0 Å². The molecule has 8 heteroatoms. The highest BCUT2D eigenvalue weighted by Crippen LogP contribution is 2.38. The molecule has 32 heavy (non-hydrogen) atoms. The maximum atomic E-state index is 13.0. The molecule has 0 aliphatic heterocycles. The number of carbonyl (C=O) groups is 2. The van der Waals surface area contributed by atoms with Gasteiger partial charge in [0.25, 0.3) is 11.8 Å². The second-order valence-corrected chi connectivity index (χ2v) is 8.74. The molecular weight excluding hydrogens is 424 g/mol. The van der Waals surface area contributed by atoms with E-state index in [0.29, 0.717) is 35.1 Å². The average Bonchev–Trinajstić information content (AvgIpc) is 3.20. The molecule has 4 rings (SSSR count). The van der Waals surface area contributed by atoms with E-state index in [9.17, 15) is 9.59 Å². The fourth-order valence-corrected chi connectivity index (χ4v) is 5.04. The number of aromatic nitrogens is 2. The van der Waals surface area contributed by atoms with Crippen LogP contribution in [0.2, 0.25) is 0 Å². The molecule has 0 bridgehead atoms. The van der Waals surface area contributed by atoms with Crippen LogP contribution in [0.1, 0.15) is 50.4 Å². The first-order valence-corrected chi connectivity index (χ1v) is 11.6. The largest absolute Gasteiger partial charge is 0.385 e. The van der Waals surface area contributed by atoms with Crippen molar-refractivity contribution < 1.29 is 14.3 Å². The van der Waals surface area contributed by atoms with E-state index < -0.39 is 0 Å². The number of anilines is 1. The SMILES string of the molecule is COCCCNC(=O)c1c(NC(=O)c2cnc(-c3ccccc3)nc2)sc2c1CCCC2. The molecule has 1 aliphatic carbocycles. The summed E-state index contributed by atoms with van der Waals surface area (Å²) in [6.07, 6.45) is 7.72. The van der Waals surface area contributed by atoms with Crippen molar-refractivity contribution in [2.24, 2.45) is 0 Å². The molecule has 0 unspecified atom stereocenters. The number of carbonyl (C=O) groups excluding carboxylic acids is 2. The quantitative estimate of drug-likeness (QED) is 0.504. The van der Waals surface area contributed by atoms with Crippen molar-refractivity contribution in [2.75, 3.05) is 25.6 Å². The van der Waals surface area contributed by atoms with Crippen LogP contribution in [0.5, 0.6) is 0 Å². The zero-order valence-electron chi connectivity index (χ0n) is 18.0. The predicted molar refractivity (Wildman–Crippen MR) is 125 cm³/mol. The minimum absolute atomic E-state index is 0.147. The molecule has 2 heterocycles. The summed E-state index contributed by atoms with van der Waals surface area (Å²) < 4.78 is 5.05. The summed E-state index contributed by atoms with van der Waals surface area (Å²) >= 11 is 1.50. The summed E-state index contributed by atoms with van der Waals surface area (Å²) in [6.45, 7) is 1.12. The number of fused-ring (bicyclic) bond motifs is 1. The zero-order chi connectivity index (χ0) is 22.3. The number of aryl methyl sites for hydroxylation is 1. The van der Waals surface area contributed by atoms with Gasteiger partial charge < -0.3 is 15.4 Å². The normalized spacial score (nSPS) is 12.8. The Balaban J connectivity index is 1.52. The Kier molecular flexibility index (Phi) is 7.24. The smallest absolute Gasteiger partial charge is 0.259 e. The van der Waals surface area contributed by atoms with Crippen LogP contribution >= 0.6 is 11.3 Å². The Morgan fingerprint density at radius 3 is 2.56 bits per heavy atom. The molecule has 2 N–H and O–H groups in total. The third-order valence-corrected chi connectivity index (χ3v) is 6.59. The molecule has 0 fully saturated rings. The van der Waals surface area contributed by atoms with E-state index in [0.717, 1.165) is 43.2 Å². The number of rotatable bonds is 8. The number of thiophene rings is 1. The summed E-state index contributed by atoms with van der Waals surface area (Å²) in [5.41, 5.74) is 2.90. The number of benzene rings is 1. The van der Waals surface area contributed by atoms with Crippen LogP contribution in [-0.2, 0) is 17.6 Å². The zero-order valence-corrected chi connectivity index (χ0v) is 18.8. The number of hydrogen-bond acceptors (Lipinski definition) is 6. The van der Waals surface area contributed by atoms with E-state index in [1.165, 1.54) is 28.6 Å². The highest BCUT2D eigenvalue weighted by molar-refractivity contribution is 7.17. The van der Waals surface area contributed by atoms with Crippen molar-refractivity contribution in [2.45, 2.75) is 32.1 Å². The number of nitrogens with zero attached hydrogens (tertiary/aromatic N) is 2. The Labute approximate surface area is 191 Å². The highest BCUT2D eigenvalue weighted by Gasteiger charge is 2.26. The maximum Gasteiger partial charge on any atom is 0.259 e. The molecule has 0 atom stereocenters. The van der Waals surface area contributed by atoms with Crippen LogP contribution < -0.4 is 10.6 Å². The monoisotopic (exact) mass is 450 g/mol. The molecule has 0 radical (unpaired) electrons. The van der Waals surface area contributed by atoms with E-state index in [-0.39, 0.29) is 11.8 Å². The van der Waals surface area contributed by atoms with Gasteiger partial charge in [-0.25, -0.2) is 9.97 Å². The predicted octanol–water partition coefficient (Wildman–Crippen LogP) is 4.10. The van der Waals surface area contributed by atoms with E-state index in [1.54, 1.807) is 7.11 Å². The van der Waals surface area contributed by atoms with Crippen molar-refractivity contribution in [3.8, 4) is 11.4 Å². The molecule has 3 aromatic rings. The fourth-order valence-electron chi connectivity index (χ4n) is 3.76. The third kappa shape index (κ3) is 5.03. The first-order valence-electron chi connectivity index (χ1n) is 10.8. The van der Waals surface area contributed by atoms with Crippen molar-refractivity contribution in [3.63, 3.8) is 0 Å². The van der Waals surface area contributed by atoms with Crippen LogP contribution in [0.25, 0.3) is 11.4 Å². The molecule has 0 saturated heterocycles. The van der Waals surface area contributed by atoms with Crippen LogP contribution in [0, 0.1) is 0 Å². The number of ether oxygens (including phenoxy) is 1. The van der Waals surface area contributed by atoms with Gasteiger partial charge in [0.15, 0.2) is 5.82 Å². The van der Waals surface area contributed by atoms with Crippen molar-refractivity contribution >= 4 is 28.2 Å². The van der Waals surface area contributed by atoms with Gasteiger partial charge in [0, 0.05) is 43.1 Å². The molecule has 166 valence electrons. The van der Waals surface area contributed by atoms with Crippen LogP contribution in [0.3, 0.4) is 0 Å². The molecule has 7 nitrogen and oxygen atoms in total. The second kappa shape index (κ2) is 10.5. The average molecular weight is 451 g/mol. The first-order chi connectivity index (χ1) is 15.7. The van der Waals surface area contributed by atoms with Gasteiger partial charge in [-0.3, -0.25) is 9.59 Å². The minimum Gasteiger partial charge on any atom is -0.385 e. The summed E-state index contributed by atoms with van der Waals surface area (Å²) in [5.74, 6) is 0.0907. The Morgan fingerprint density at radius 2 is 1.81 bits per heavy atom. The lowest BCUT2D eigenvalue weighted by Gasteiger charge is -2.13. The van der Waals surface area contributed by atoms with Gasteiger partial charge in [-0.15, -0.1) is 11.3 Å². The summed E-state index contributed by atoms with van der Waals surface area (Å²) in [7, 11) is 1.64. The van der Waals surface area contributed by atoms with Gasteiger partial charge in [-0.1, -0.05) is 30.3 Å². The number of hydrogen-bond donors (Lipinski definition) is 2. The lowest BCUT2D eigenvalue weighted by molar-refractivity contribution is 0.0948. The van der Waals surface area contributed by atoms with E-state index in [4.69, 9.17) is 4.74 Å². The van der Waals surface area contributed by atoms with Gasteiger partial charge in [0.05, 0.1) is 11.1 Å². The van der Waals surface area contributed by atoms with Crippen molar-refractivity contribution in [1.82, 2.24) is 15.3 Å². The van der Waals surface area contributed by atoms with E-state index in [2.05, 4.69) is 20.6 Å². The van der Waals surface area contributed by atoms with Crippen LogP contribution in [-0.4, -0.2) is 42.0 Å². The topological polar surface area (TPSA) is 93.2 Å². The molecule has 0 spiro atoms. The standard InChI is InChI=1S/C24H26N4O3S/c1-31-13-7-12-25-23(30)20-18-10-5-6-11-19(18)32-24(20)28-22(29)17-14-26-21(27-15-17)16-8-3-2-4-9-16/h2-4,8-9,14-15H,5-7,10-13H2,1H3,(H,25,30)(H,28,29). The van der Waals surface area contributed by atoms with Gasteiger partial charge in [-0.05, 0) is 37.7 Å². The van der Waals surface area contributed by atoms with Gasteiger partial charge in [-0.2, -0.15) is 0 Å². The molecule has 1 aromatic carbocycles. The lowest BCUT2D eigenvalue weighted by atomic mass is 9.95. The summed E-state index contributed by atoms with van der Waals surface area (Å²) in [5, 5.41) is 6.50. The Bertz CT molecular complexity index is 1080. The van der Waals surface area contributed by atoms with Crippen molar-refractivity contribution in [1.29, 1.82) is 0 Å². The minimum atomic E-state index is -0.323. The molecular formula is C24H26N4O3S. The van der Waals surface area contributed by atoms with Gasteiger partial charge in [0.2, 0.25) is 0 Å². The molecule has 2 amide bonds. The Hall–Kier alpha value is -3.10. The summed E-state index contributed by atoms with van der Waals surface area (Å²) in [4.78, 5) is 35.7. The van der Waals surface area contributed by atoms with Crippen LogP contribution in [0.15, 0.2) is 42.7 Å². The maximum absolute atomic E-state index is 13.0. The number of methoxy groups -OCH3 is 1. The third-order valence-electron chi connectivity index (χ3n) is 5.38. The molecule has 0 saturated carbocycles. The van der Waals surface area contributed by atoms with Crippen LogP contribution in [0.4, 0.5) is 5.00 Å². The first kappa shape index (κ1) is 22.1. The number of nitrogens with one attached hydrogen (secondary N) is 2. The fraction of sp³-hybridized carbons (Fsp3) is 0.333. The van der Waals surface area contributed by atoms with Gasteiger partial charge in [0.1, 0.15) is 5.00 Å². The highest BCUT2D eigenvalue weighted by atomic mass is 32.1.